The monoisotopic (exact) mass is 418 g/mol. The molecule has 10 heteroatoms. The summed E-state index contributed by atoms with van der Waals surface area (Å²) in [6, 6.07) is 3.32. The molecule has 0 aromatic carbocycles. The number of aromatic nitrogens is 3. The molecule has 1 fully saturated rings. The lowest BCUT2D eigenvalue weighted by Gasteiger charge is -2.18. The van der Waals surface area contributed by atoms with Gasteiger partial charge in [0.1, 0.15) is 16.5 Å². The Morgan fingerprint density at radius 2 is 2.14 bits per heavy atom. The number of ether oxygens (including phenoxy) is 2. The Morgan fingerprint density at radius 3 is 2.83 bits per heavy atom. The predicted octanol–water partition coefficient (Wildman–Crippen LogP) is 1.35. The highest BCUT2D eigenvalue weighted by atomic mass is 32.2. The topological polar surface area (TPSA) is 107 Å². The number of aryl methyl sites for hydroxylation is 1. The van der Waals surface area contributed by atoms with Crippen molar-refractivity contribution in [2.75, 3.05) is 27.3 Å². The summed E-state index contributed by atoms with van der Waals surface area (Å²) in [6.45, 7) is 1.06. The SMILES string of the molecule is CN(C)S(=O)(=O)c1cnc(OC2CCOC2)c(-c2cn(C)c(=O)c3[nH]ccc23)c1. The molecular formula is C19H22N4O5S. The molecule has 0 bridgehead atoms. The van der Waals surface area contributed by atoms with Crippen LogP contribution in [0.25, 0.3) is 22.0 Å². The molecule has 4 rings (SSSR count). The lowest BCUT2D eigenvalue weighted by atomic mass is 10.1. The highest BCUT2D eigenvalue weighted by Gasteiger charge is 2.25. The second kappa shape index (κ2) is 7.29. The molecule has 29 heavy (non-hydrogen) atoms. The van der Waals surface area contributed by atoms with Crippen LogP contribution in [0, 0.1) is 0 Å². The normalized spacial score (nSPS) is 17.3. The fraction of sp³-hybridized carbons (Fsp3) is 0.368. The van der Waals surface area contributed by atoms with Crippen molar-refractivity contribution in [1.29, 1.82) is 0 Å². The number of fused-ring (bicyclic) bond motifs is 1. The van der Waals surface area contributed by atoms with Crippen molar-refractivity contribution in [3.63, 3.8) is 0 Å². The largest absolute Gasteiger partial charge is 0.471 e. The Hall–Kier alpha value is -2.69. The molecule has 1 aliphatic rings. The number of nitrogens with one attached hydrogen (secondary N) is 1. The maximum absolute atomic E-state index is 12.7. The van der Waals surface area contributed by atoms with Gasteiger partial charge in [-0.15, -0.1) is 0 Å². The van der Waals surface area contributed by atoms with E-state index in [9.17, 15) is 13.2 Å². The van der Waals surface area contributed by atoms with Crippen LogP contribution in [0.2, 0.25) is 0 Å². The van der Waals surface area contributed by atoms with Gasteiger partial charge in [-0.3, -0.25) is 4.79 Å². The maximum Gasteiger partial charge on any atom is 0.274 e. The molecule has 9 nitrogen and oxygen atoms in total. The zero-order valence-electron chi connectivity index (χ0n) is 16.4. The van der Waals surface area contributed by atoms with Crippen molar-refractivity contribution >= 4 is 20.9 Å². The summed E-state index contributed by atoms with van der Waals surface area (Å²) in [5.74, 6) is 0.305. The summed E-state index contributed by atoms with van der Waals surface area (Å²) >= 11 is 0. The van der Waals surface area contributed by atoms with Crippen LogP contribution < -0.4 is 10.3 Å². The van der Waals surface area contributed by atoms with E-state index in [1.54, 1.807) is 31.6 Å². The summed E-state index contributed by atoms with van der Waals surface area (Å²) in [7, 11) is 0.877. The minimum Gasteiger partial charge on any atom is -0.471 e. The van der Waals surface area contributed by atoms with Crippen LogP contribution in [0.1, 0.15) is 6.42 Å². The standard InChI is InChI=1S/C19H22N4O5S/c1-22(2)29(25,26)13-8-15(18(21-9-13)28-12-5-7-27-11-12)16-10-23(3)19(24)17-14(16)4-6-20-17/h4,6,8-10,12,20H,5,7,11H2,1-3H3. The lowest BCUT2D eigenvalue weighted by molar-refractivity contribution is 0.138. The van der Waals surface area contributed by atoms with Gasteiger partial charge >= 0.3 is 0 Å². The smallest absolute Gasteiger partial charge is 0.274 e. The van der Waals surface area contributed by atoms with Crippen molar-refractivity contribution in [3.05, 3.63) is 41.1 Å². The van der Waals surface area contributed by atoms with Gasteiger partial charge < -0.3 is 19.0 Å². The van der Waals surface area contributed by atoms with E-state index in [-0.39, 0.29) is 16.6 Å². The quantitative estimate of drug-likeness (QED) is 0.670. The minimum atomic E-state index is -3.70. The number of sulfonamides is 1. The van der Waals surface area contributed by atoms with Crippen molar-refractivity contribution in [2.24, 2.45) is 7.05 Å². The predicted molar refractivity (Wildman–Crippen MR) is 107 cm³/mol. The van der Waals surface area contributed by atoms with E-state index in [1.165, 1.54) is 24.9 Å². The third-order valence-corrected chi connectivity index (χ3v) is 6.74. The molecule has 0 amide bonds. The maximum atomic E-state index is 12.7. The Labute approximate surface area is 167 Å². The van der Waals surface area contributed by atoms with Crippen molar-refractivity contribution in [3.8, 4) is 17.0 Å². The number of H-pyrrole nitrogens is 1. The Bertz CT molecular complexity index is 1220. The molecule has 0 saturated carbocycles. The average molecular weight is 418 g/mol. The molecule has 0 spiro atoms. The van der Waals surface area contributed by atoms with Crippen LogP contribution in [0.4, 0.5) is 0 Å². The highest BCUT2D eigenvalue weighted by Crippen LogP contribution is 2.35. The first-order valence-corrected chi connectivity index (χ1v) is 10.6. The van der Waals surface area contributed by atoms with E-state index in [0.29, 0.717) is 41.1 Å². The zero-order chi connectivity index (χ0) is 20.8. The first kappa shape index (κ1) is 19.6. The summed E-state index contributed by atoms with van der Waals surface area (Å²) in [5.41, 5.74) is 1.41. The molecule has 0 radical (unpaired) electrons. The minimum absolute atomic E-state index is 0.0464. The van der Waals surface area contributed by atoms with E-state index < -0.39 is 10.0 Å². The van der Waals surface area contributed by atoms with Crippen molar-refractivity contribution in [2.45, 2.75) is 17.4 Å². The number of nitrogens with zero attached hydrogens (tertiary/aromatic N) is 3. The Kier molecular flexibility index (Phi) is 4.93. The zero-order valence-corrected chi connectivity index (χ0v) is 17.2. The van der Waals surface area contributed by atoms with Gasteiger partial charge in [-0.1, -0.05) is 0 Å². The summed E-state index contributed by atoms with van der Waals surface area (Å²) in [6.07, 6.45) is 5.20. The summed E-state index contributed by atoms with van der Waals surface area (Å²) in [5, 5.41) is 0.668. The number of hydrogen-bond donors (Lipinski definition) is 1. The van der Waals surface area contributed by atoms with Crippen molar-refractivity contribution < 1.29 is 17.9 Å². The first-order valence-electron chi connectivity index (χ1n) is 9.13. The second-order valence-corrected chi connectivity index (χ2v) is 9.29. The fourth-order valence-electron chi connectivity index (χ4n) is 3.32. The van der Waals surface area contributed by atoms with Gasteiger partial charge in [-0.25, -0.2) is 17.7 Å². The third kappa shape index (κ3) is 3.43. The van der Waals surface area contributed by atoms with E-state index in [1.807, 2.05) is 0 Å². The summed E-state index contributed by atoms with van der Waals surface area (Å²) < 4.78 is 39.3. The van der Waals surface area contributed by atoms with Crippen LogP contribution in [0.15, 0.2) is 40.4 Å². The summed E-state index contributed by atoms with van der Waals surface area (Å²) in [4.78, 5) is 19.7. The number of aromatic amines is 1. The molecule has 1 unspecified atom stereocenters. The Balaban J connectivity index is 1.95. The van der Waals surface area contributed by atoms with Crippen LogP contribution in [-0.2, 0) is 21.8 Å². The molecule has 3 aromatic heterocycles. The third-order valence-electron chi connectivity index (χ3n) is 4.96. The number of hydrogen-bond acceptors (Lipinski definition) is 6. The highest BCUT2D eigenvalue weighted by molar-refractivity contribution is 7.89. The molecule has 1 saturated heterocycles. The van der Waals surface area contributed by atoms with Gasteiger partial charge in [-0.2, -0.15) is 0 Å². The van der Waals surface area contributed by atoms with E-state index in [2.05, 4.69) is 9.97 Å². The number of rotatable bonds is 5. The molecule has 4 heterocycles. The van der Waals surface area contributed by atoms with Gasteiger partial charge in [-0.05, 0) is 12.1 Å². The van der Waals surface area contributed by atoms with Crippen molar-refractivity contribution in [1.82, 2.24) is 18.8 Å². The molecular weight excluding hydrogens is 396 g/mol. The van der Waals surface area contributed by atoms with Gasteiger partial charge in [0.2, 0.25) is 15.9 Å². The first-order chi connectivity index (χ1) is 13.8. The molecule has 1 atom stereocenters. The molecule has 1 N–H and O–H groups in total. The molecule has 0 aliphatic carbocycles. The van der Waals surface area contributed by atoms with E-state index in [4.69, 9.17) is 9.47 Å². The van der Waals surface area contributed by atoms with Gasteiger partial charge in [0.15, 0.2) is 0 Å². The van der Waals surface area contributed by atoms with Crippen LogP contribution in [-0.4, -0.2) is 60.7 Å². The van der Waals surface area contributed by atoms with E-state index >= 15 is 0 Å². The lowest BCUT2D eigenvalue weighted by Crippen LogP contribution is -2.23. The van der Waals surface area contributed by atoms with Crippen LogP contribution in [0.5, 0.6) is 5.88 Å². The van der Waals surface area contributed by atoms with Crippen LogP contribution >= 0.6 is 0 Å². The fourth-order valence-corrected chi connectivity index (χ4v) is 4.19. The second-order valence-electron chi connectivity index (χ2n) is 7.14. The average Bonchev–Trinajstić information content (AvgIpc) is 3.37. The number of pyridine rings is 2. The molecule has 1 aliphatic heterocycles. The van der Waals surface area contributed by atoms with E-state index in [0.717, 1.165) is 10.7 Å². The van der Waals surface area contributed by atoms with Gasteiger partial charge in [0.25, 0.3) is 5.56 Å². The van der Waals surface area contributed by atoms with Crippen LogP contribution in [0.3, 0.4) is 0 Å². The Morgan fingerprint density at radius 1 is 1.34 bits per heavy atom. The molecule has 3 aromatic rings. The van der Waals surface area contributed by atoms with Gasteiger partial charge in [0.05, 0.1) is 19.4 Å². The molecule has 154 valence electrons. The van der Waals surface area contributed by atoms with Gasteiger partial charge in [0, 0.05) is 56.5 Å².